The number of hydrogen-bond donors (Lipinski definition) is 3. The van der Waals surface area contributed by atoms with Gasteiger partial charge in [0.1, 0.15) is 0 Å². The number of nitrogens with one attached hydrogen (secondary N) is 2. The summed E-state index contributed by atoms with van der Waals surface area (Å²) in [6, 6.07) is 14.1. The number of aryl methyl sites for hydroxylation is 2. The van der Waals surface area contributed by atoms with Gasteiger partial charge in [-0.05, 0) is 66.8 Å². The third-order valence-corrected chi connectivity index (χ3v) is 8.22. The Bertz CT molecular complexity index is 1070. The van der Waals surface area contributed by atoms with Crippen LogP contribution >= 0.6 is 0 Å². The number of hydrogen-bond acceptors (Lipinski definition) is 5. The number of carbonyl (C=O) groups is 1. The zero-order valence-corrected chi connectivity index (χ0v) is 18.9. The number of carbonyl (C=O) groups excluding carboxylic acids is 1. The van der Waals surface area contributed by atoms with E-state index in [1.165, 1.54) is 5.56 Å². The second kappa shape index (κ2) is 8.03. The zero-order chi connectivity index (χ0) is 22.5. The molecule has 1 amide bonds. The summed E-state index contributed by atoms with van der Waals surface area (Å²) in [5.41, 5.74) is 1.41. The molecule has 6 rings (SSSR count). The van der Waals surface area contributed by atoms with Crippen LogP contribution < -0.4 is 20.1 Å². The number of ether oxygens (including phenoxy) is 2. The number of piperidine rings is 1. The summed E-state index contributed by atoms with van der Waals surface area (Å²) >= 11 is 0. The average molecular weight is 449 g/mol. The summed E-state index contributed by atoms with van der Waals surface area (Å²) in [5, 5.41) is 18.6. The van der Waals surface area contributed by atoms with Crippen molar-refractivity contribution >= 4 is 5.91 Å². The lowest BCUT2D eigenvalue weighted by atomic mass is 9.78. The van der Waals surface area contributed by atoms with E-state index in [4.69, 9.17) is 9.47 Å². The fraction of sp³-hybridized carbons (Fsp3) is 0.519. The van der Waals surface area contributed by atoms with E-state index in [2.05, 4.69) is 22.8 Å². The molecular formula is C27H32N2O4. The molecule has 2 saturated carbocycles. The monoisotopic (exact) mass is 448 g/mol. The molecule has 3 unspecified atom stereocenters. The Morgan fingerprint density at radius 2 is 1.88 bits per heavy atom. The first-order chi connectivity index (χ1) is 16.1. The normalized spacial score (nSPS) is 27.2. The fourth-order valence-corrected chi connectivity index (χ4v) is 6.10. The quantitative estimate of drug-likeness (QED) is 0.607. The van der Waals surface area contributed by atoms with E-state index >= 15 is 0 Å². The standard InChI is InChI=1S/C27H32N2O4/c30-25(29-26-14-22(26)15-28-16-26)27(31,20-5-1-2-6-20)21-7-3-4-18(12-21)8-9-19-10-11-23-24(13-19)33-17-32-23/h3-4,7,10-13,20,22,28,31H,1-2,5-6,8-9,14-17H2,(H,29,30). The fourth-order valence-electron chi connectivity index (χ4n) is 6.10. The topological polar surface area (TPSA) is 79.8 Å². The third-order valence-electron chi connectivity index (χ3n) is 8.22. The molecule has 6 heteroatoms. The smallest absolute Gasteiger partial charge is 0.257 e. The molecule has 174 valence electrons. The highest BCUT2D eigenvalue weighted by molar-refractivity contribution is 5.88. The predicted molar refractivity (Wildman–Crippen MR) is 124 cm³/mol. The Kier molecular flexibility index (Phi) is 5.11. The minimum atomic E-state index is -1.48. The summed E-state index contributed by atoms with van der Waals surface area (Å²) in [5.74, 6) is 1.84. The van der Waals surface area contributed by atoms with E-state index in [0.717, 1.165) is 80.7 Å². The molecule has 0 radical (unpaired) electrons. The molecule has 33 heavy (non-hydrogen) atoms. The number of aliphatic hydroxyl groups is 1. The zero-order valence-electron chi connectivity index (χ0n) is 18.9. The van der Waals surface area contributed by atoms with Crippen LogP contribution in [0.3, 0.4) is 0 Å². The summed E-state index contributed by atoms with van der Waals surface area (Å²) in [6.45, 7) is 2.04. The van der Waals surface area contributed by atoms with Crippen LogP contribution in [0.1, 0.15) is 48.8 Å². The molecule has 2 aromatic rings. The second-order valence-corrected chi connectivity index (χ2v) is 10.3. The minimum Gasteiger partial charge on any atom is -0.454 e. The largest absolute Gasteiger partial charge is 0.454 e. The van der Waals surface area contributed by atoms with Gasteiger partial charge in [-0.25, -0.2) is 0 Å². The summed E-state index contributed by atoms with van der Waals surface area (Å²) in [4.78, 5) is 13.6. The molecule has 3 fully saturated rings. The molecule has 2 aliphatic heterocycles. The Balaban J connectivity index is 1.23. The second-order valence-electron chi connectivity index (χ2n) is 10.3. The van der Waals surface area contributed by atoms with Crippen molar-refractivity contribution in [3.8, 4) is 11.5 Å². The first kappa shape index (κ1) is 21.0. The Morgan fingerprint density at radius 1 is 1.09 bits per heavy atom. The number of amides is 1. The molecule has 1 saturated heterocycles. The molecule has 4 aliphatic rings. The number of fused-ring (bicyclic) bond motifs is 2. The molecular weight excluding hydrogens is 416 g/mol. The highest BCUT2D eigenvalue weighted by Crippen LogP contribution is 2.48. The van der Waals surface area contributed by atoms with Gasteiger partial charge in [0.05, 0.1) is 5.54 Å². The van der Waals surface area contributed by atoms with E-state index in [0.29, 0.717) is 5.92 Å². The van der Waals surface area contributed by atoms with Crippen molar-refractivity contribution in [2.24, 2.45) is 11.8 Å². The molecule has 0 bridgehead atoms. The van der Waals surface area contributed by atoms with Crippen LogP contribution in [0.5, 0.6) is 11.5 Å². The van der Waals surface area contributed by atoms with Gasteiger partial charge in [0, 0.05) is 19.0 Å². The van der Waals surface area contributed by atoms with Gasteiger partial charge in [-0.1, -0.05) is 43.2 Å². The van der Waals surface area contributed by atoms with Crippen molar-refractivity contribution in [2.45, 2.75) is 56.1 Å². The van der Waals surface area contributed by atoms with Crippen molar-refractivity contribution in [2.75, 3.05) is 19.9 Å². The predicted octanol–water partition coefficient (Wildman–Crippen LogP) is 3.06. The van der Waals surface area contributed by atoms with Crippen LogP contribution in [0.4, 0.5) is 0 Å². The van der Waals surface area contributed by atoms with E-state index in [1.807, 2.05) is 30.3 Å². The first-order valence-electron chi connectivity index (χ1n) is 12.3. The number of rotatable bonds is 7. The minimum absolute atomic E-state index is 0.0374. The molecule has 2 aromatic carbocycles. The molecule has 6 nitrogen and oxygen atoms in total. The van der Waals surface area contributed by atoms with Crippen molar-refractivity contribution in [1.29, 1.82) is 0 Å². The summed E-state index contributed by atoms with van der Waals surface area (Å²) < 4.78 is 10.9. The Hall–Kier alpha value is -2.57. The van der Waals surface area contributed by atoms with Gasteiger partial charge < -0.3 is 25.2 Å². The Morgan fingerprint density at radius 3 is 2.64 bits per heavy atom. The van der Waals surface area contributed by atoms with Crippen molar-refractivity contribution in [3.63, 3.8) is 0 Å². The highest BCUT2D eigenvalue weighted by atomic mass is 16.7. The highest BCUT2D eigenvalue weighted by Gasteiger charge is 2.60. The van der Waals surface area contributed by atoms with Gasteiger partial charge in [-0.2, -0.15) is 0 Å². The maximum absolute atomic E-state index is 13.6. The van der Waals surface area contributed by atoms with Crippen LogP contribution in [0.2, 0.25) is 0 Å². The van der Waals surface area contributed by atoms with Crippen LogP contribution in [0.25, 0.3) is 0 Å². The van der Waals surface area contributed by atoms with Gasteiger partial charge in [0.25, 0.3) is 5.91 Å². The van der Waals surface area contributed by atoms with E-state index in [9.17, 15) is 9.90 Å². The SMILES string of the molecule is O=C(NC12CNCC1C2)C(O)(c1cccc(CCc2ccc3c(c2)OCO3)c1)C1CCCC1. The van der Waals surface area contributed by atoms with E-state index in [1.54, 1.807) is 0 Å². The molecule has 0 aromatic heterocycles. The van der Waals surface area contributed by atoms with E-state index < -0.39 is 5.60 Å². The summed E-state index contributed by atoms with van der Waals surface area (Å²) in [7, 11) is 0. The lowest BCUT2D eigenvalue weighted by Crippen LogP contribution is -2.54. The molecule has 0 spiro atoms. The first-order valence-corrected chi connectivity index (χ1v) is 12.3. The van der Waals surface area contributed by atoms with Gasteiger partial charge >= 0.3 is 0 Å². The molecule has 2 aliphatic carbocycles. The van der Waals surface area contributed by atoms with Gasteiger partial charge in [0.2, 0.25) is 6.79 Å². The molecule has 3 atom stereocenters. The maximum Gasteiger partial charge on any atom is 0.257 e. The van der Waals surface area contributed by atoms with Crippen LogP contribution in [-0.2, 0) is 23.2 Å². The number of benzene rings is 2. The van der Waals surface area contributed by atoms with Crippen molar-refractivity contribution < 1.29 is 19.4 Å². The molecule has 3 N–H and O–H groups in total. The van der Waals surface area contributed by atoms with Crippen LogP contribution in [0, 0.1) is 11.8 Å². The van der Waals surface area contributed by atoms with Gasteiger partial charge in [-0.15, -0.1) is 0 Å². The third kappa shape index (κ3) is 3.69. The van der Waals surface area contributed by atoms with Gasteiger partial charge in [-0.3, -0.25) is 4.79 Å². The van der Waals surface area contributed by atoms with Crippen molar-refractivity contribution in [3.05, 3.63) is 59.2 Å². The molecule has 2 heterocycles. The van der Waals surface area contributed by atoms with Crippen LogP contribution in [-0.4, -0.2) is 36.4 Å². The lowest BCUT2D eigenvalue weighted by molar-refractivity contribution is -0.148. The average Bonchev–Trinajstić information content (AvgIpc) is 3.34. The van der Waals surface area contributed by atoms with Crippen LogP contribution in [0.15, 0.2) is 42.5 Å². The van der Waals surface area contributed by atoms with Crippen molar-refractivity contribution in [1.82, 2.24) is 10.6 Å². The summed E-state index contributed by atoms with van der Waals surface area (Å²) in [6.07, 6.45) is 6.61. The maximum atomic E-state index is 13.6. The van der Waals surface area contributed by atoms with E-state index in [-0.39, 0.29) is 24.2 Å². The lowest BCUT2D eigenvalue weighted by Gasteiger charge is -2.35. The Labute approximate surface area is 194 Å². The van der Waals surface area contributed by atoms with Gasteiger partial charge in [0.15, 0.2) is 17.1 Å².